The second-order valence-corrected chi connectivity index (χ2v) is 5.95. The zero-order valence-corrected chi connectivity index (χ0v) is 14.2. The number of anilines is 2. The van der Waals surface area contributed by atoms with Crippen LogP contribution >= 0.6 is 0 Å². The molecule has 7 heteroatoms. The maximum atomic E-state index is 6.07. The quantitative estimate of drug-likeness (QED) is 0.530. The van der Waals surface area contributed by atoms with Crippen molar-refractivity contribution < 1.29 is 0 Å². The fourth-order valence-electron chi connectivity index (χ4n) is 2.19. The van der Waals surface area contributed by atoms with Crippen LogP contribution in [0.2, 0.25) is 0 Å². The number of rotatable bonds is 9. The van der Waals surface area contributed by atoms with Crippen molar-refractivity contribution in [1.29, 1.82) is 0 Å². The number of fused-ring (bicyclic) bond motifs is 1. The Labute approximate surface area is 137 Å². The van der Waals surface area contributed by atoms with Gasteiger partial charge >= 0.3 is 0 Å². The molecule has 126 valence electrons. The molecule has 1 unspecified atom stereocenters. The number of nitrogens with zero attached hydrogens (tertiary/aromatic N) is 3. The fourth-order valence-corrected chi connectivity index (χ4v) is 2.19. The molecule has 1 atom stereocenters. The highest BCUT2D eigenvalue weighted by molar-refractivity contribution is 5.84. The molecule has 23 heavy (non-hydrogen) atoms. The molecule has 0 aliphatic rings. The fraction of sp³-hybridized carbons (Fsp3) is 0.562. The van der Waals surface area contributed by atoms with E-state index >= 15 is 0 Å². The highest BCUT2D eigenvalue weighted by Crippen LogP contribution is 2.18. The van der Waals surface area contributed by atoms with Crippen LogP contribution in [0.3, 0.4) is 0 Å². The van der Waals surface area contributed by atoms with Crippen LogP contribution in [-0.4, -0.2) is 39.1 Å². The Morgan fingerprint density at radius 1 is 1.35 bits per heavy atom. The monoisotopic (exact) mass is 317 g/mol. The van der Waals surface area contributed by atoms with Crippen LogP contribution in [0, 0.1) is 0 Å². The van der Waals surface area contributed by atoms with Gasteiger partial charge in [-0.2, -0.15) is 0 Å². The molecule has 2 rings (SSSR count). The number of allylic oxidation sites excluding steroid dienone is 1. The molecule has 0 aromatic carbocycles. The summed E-state index contributed by atoms with van der Waals surface area (Å²) in [7, 11) is 0. The van der Waals surface area contributed by atoms with E-state index in [1.807, 2.05) is 0 Å². The molecule has 0 spiro atoms. The highest BCUT2D eigenvalue weighted by atomic mass is 15.2. The van der Waals surface area contributed by atoms with Crippen molar-refractivity contribution in [1.82, 2.24) is 19.9 Å². The van der Waals surface area contributed by atoms with E-state index in [-0.39, 0.29) is 6.04 Å². The number of hydrogen-bond acceptors (Lipinski definition) is 6. The first-order valence-corrected chi connectivity index (χ1v) is 8.17. The minimum atomic E-state index is 0.129. The average molecular weight is 317 g/mol. The molecule has 7 nitrogen and oxygen atoms in total. The van der Waals surface area contributed by atoms with Crippen LogP contribution in [0.25, 0.3) is 11.2 Å². The summed E-state index contributed by atoms with van der Waals surface area (Å²) in [6.45, 7) is 7.70. The lowest BCUT2D eigenvalue weighted by molar-refractivity contribution is 0.595. The van der Waals surface area contributed by atoms with Crippen molar-refractivity contribution in [3.8, 4) is 0 Å². The van der Waals surface area contributed by atoms with Gasteiger partial charge in [0.15, 0.2) is 17.0 Å². The summed E-state index contributed by atoms with van der Waals surface area (Å²) in [6, 6.07) is 0.129. The SMILES string of the molecule is CCCCC(N)CNc1nc2c(NCC=C(C)C)ncnc2[nH]1. The molecule has 2 heterocycles. The van der Waals surface area contributed by atoms with Crippen molar-refractivity contribution in [2.75, 3.05) is 23.7 Å². The molecule has 0 fully saturated rings. The van der Waals surface area contributed by atoms with Crippen LogP contribution in [0.15, 0.2) is 18.0 Å². The lowest BCUT2D eigenvalue weighted by atomic mass is 10.1. The van der Waals surface area contributed by atoms with E-state index in [9.17, 15) is 0 Å². The third-order valence-corrected chi connectivity index (χ3v) is 3.52. The van der Waals surface area contributed by atoms with Crippen molar-refractivity contribution in [2.45, 2.75) is 46.1 Å². The smallest absolute Gasteiger partial charge is 0.202 e. The van der Waals surface area contributed by atoms with E-state index < -0.39 is 0 Å². The molecule has 0 saturated carbocycles. The zero-order valence-electron chi connectivity index (χ0n) is 14.2. The zero-order chi connectivity index (χ0) is 16.7. The largest absolute Gasteiger partial charge is 0.365 e. The van der Waals surface area contributed by atoms with Crippen LogP contribution in [0.1, 0.15) is 40.0 Å². The number of unbranched alkanes of at least 4 members (excludes halogenated alkanes) is 1. The van der Waals surface area contributed by atoms with Gasteiger partial charge in [0.25, 0.3) is 0 Å². The van der Waals surface area contributed by atoms with Gasteiger partial charge in [0, 0.05) is 19.1 Å². The van der Waals surface area contributed by atoms with Crippen LogP contribution < -0.4 is 16.4 Å². The topological polar surface area (TPSA) is 105 Å². The molecule has 2 aromatic heterocycles. The molecule has 0 aliphatic heterocycles. The number of H-pyrrole nitrogens is 1. The van der Waals surface area contributed by atoms with Gasteiger partial charge < -0.3 is 21.4 Å². The Balaban J connectivity index is 2.02. The Kier molecular flexibility index (Phi) is 6.34. The first-order chi connectivity index (χ1) is 11.1. The Bertz CT molecular complexity index is 643. The first-order valence-electron chi connectivity index (χ1n) is 8.17. The molecule has 5 N–H and O–H groups in total. The summed E-state index contributed by atoms with van der Waals surface area (Å²) < 4.78 is 0. The molecule has 2 aromatic rings. The lowest BCUT2D eigenvalue weighted by Crippen LogP contribution is -2.29. The van der Waals surface area contributed by atoms with Gasteiger partial charge in [-0.1, -0.05) is 31.4 Å². The highest BCUT2D eigenvalue weighted by Gasteiger charge is 2.10. The molecule has 0 bridgehead atoms. The Morgan fingerprint density at radius 2 is 2.17 bits per heavy atom. The van der Waals surface area contributed by atoms with Crippen LogP contribution in [-0.2, 0) is 0 Å². The van der Waals surface area contributed by atoms with Gasteiger partial charge in [0.2, 0.25) is 5.95 Å². The van der Waals surface area contributed by atoms with Gasteiger partial charge in [-0.05, 0) is 20.3 Å². The number of aromatic amines is 1. The number of hydrogen-bond donors (Lipinski definition) is 4. The maximum absolute atomic E-state index is 6.07. The Hall–Kier alpha value is -2.15. The predicted octanol–water partition coefficient (Wildman–Crippen LogP) is 2.66. The van der Waals surface area contributed by atoms with Crippen molar-refractivity contribution in [2.24, 2.45) is 5.73 Å². The van der Waals surface area contributed by atoms with Crippen LogP contribution in [0.4, 0.5) is 11.8 Å². The molecular formula is C16H27N7. The maximum Gasteiger partial charge on any atom is 0.202 e. The first kappa shape index (κ1) is 17.2. The predicted molar refractivity (Wildman–Crippen MR) is 95.6 cm³/mol. The van der Waals surface area contributed by atoms with E-state index in [1.54, 1.807) is 0 Å². The summed E-state index contributed by atoms with van der Waals surface area (Å²) in [5.74, 6) is 1.41. The molecule has 0 saturated heterocycles. The molecule has 0 radical (unpaired) electrons. The summed E-state index contributed by atoms with van der Waals surface area (Å²) in [6.07, 6.45) is 6.95. The third-order valence-electron chi connectivity index (χ3n) is 3.52. The van der Waals surface area contributed by atoms with Crippen LogP contribution in [0.5, 0.6) is 0 Å². The van der Waals surface area contributed by atoms with Gasteiger partial charge in [-0.15, -0.1) is 0 Å². The molecule has 0 amide bonds. The van der Waals surface area contributed by atoms with E-state index in [2.05, 4.69) is 57.4 Å². The van der Waals surface area contributed by atoms with Crippen molar-refractivity contribution in [3.05, 3.63) is 18.0 Å². The standard InChI is InChI=1S/C16H27N7/c1-4-5-6-12(17)9-19-16-22-13-14(18-8-7-11(2)3)20-10-21-15(13)23-16/h7,10,12H,4-6,8-9,17H2,1-3H3,(H3,18,19,20,21,22,23). The number of nitrogens with one attached hydrogen (secondary N) is 3. The normalized spacial score (nSPS) is 12.2. The summed E-state index contributed by atoms with van der Waals surface area (Å²) >= 11 is 0. The number of aromatic nitrogens is 4. The second-order valence-electron chi connectivity index (χ2n) is 5.95. The third kappa shape index (κ3) is 5.21. The minimum absolute atomic E-state index is 0.129. The van der Waals surface area contributed by atoms with Gasteiger partial charge in [0.1, 0.15) is 6.33 Å². The van der Waals surface area contributed by atoms with E-state index in [1.165, 1.54) is 11.9 Å². The van der Waals surface area contributed by atoms with Gasteiger partial charge in [-0.3, -0.25) is 0 Å². The minimum Gasteiger partial charge on any atom is -0.365 e. The number of imidazole rings is 1. The second kappa shape index (κ2) is 8.47. The van der Waals surface area contributed by atoms with Gasteiger partial charge in [0.05, 0.1) is 0 Å². The Morgan fingerprint density at radius 3 is 2.91 bits per heavy atom. The summed E-state index contributed by atoms with van der Waals surface area (Å²) in [5.41, 5.74) is 8.78. The lowest BCUT2D eigenvalue weighted by Gasteiger charge is -2.10. The van der Waals surface area contributed by atoms with E-state index in [0.717, 1.165) is 30.6 Å². The van der Waals surface area contributed by atoms with E-state index in [4.69, 9.17) is 5.73 Å². The van der Waals surface area contributed by atoms with Crippen molar-refractivity contribution in [3.63, 3.8) is 0 Å². The molecule has 0 aliphatic carbocycles. The number of nitrogens with two attached hydrogens (primary N) is 1. The van der Waals surface area contributed by atoms with Crippen molar-refractivity contribution >= 4 is 22.9 Å². The molecular weight excluding hydrogens is 290 g/mol. The summed E-state index contributed by atoms with van der Waals surface area (Å²) in [5, 5.41) is 6.51. The van der Waals surface area contributed by atoms with Gasteiger partial charge in [-0.25, -0.2) is 15.0 Å². The van der Waals surface area contributed by atoms with E-state index in [0.29, 0.717) is 24.7 Å². The summed E-state index contributed by atoms with van der Waals surface area (Å²) in [4.78, 5) is 16.2. The average Bonchev–Trinajstić information content (AvgIpc) is 2.94.